The van der Waals surface area contributed by atoms with E-state index in [-0.39, 0.29) is 0 Å². The van der Waals surface area contributed by atoms with E-state index in [1.54, 1.807) is 12.3 Å². The summed E-state index contributed by atoms with van der Waals surface area (Å²) in [5.41, 5.74) is 0. The molecule has 0 saturated carbocycles. The third-order valence-electron chi connectivity index (χ3n) is 1.05. The maximum atomic E-state index is 7.33. The lowest BCUT2D eigenvalue weighted by molar-refractivity contribution is 1.23. The van der Waals surface area contributed by atoms with Crippen LogP contribution in [0.4, 0.5) is 0 Å². The van der Waals surface area contributed by atoms with Crippen LogP contribution in [-0.4, -0.2) is 11.2 Å². The van der Waals surface area contributed by atoms with Crippen molar-refractivity contribution in [2.75, 3.05) is 6.26 Å². The van der Waals surface area contributed by atoms with E-state index in [2.05, 4.69) is 4.98 Å². The van der Waals surface area contributed by atoms with Gasteiger partial charge in [0.05, 0.1) is 0 Å². The molecular formula is C6H7ClN2S. The van der Waals surface area contributed by atoms with Crippen LogP contribution in [0.1, 0.15) is 0 Å². The molecule has 0 fully saturated rings. The Morgan fingerprint density at radius 3 is 2.70 bits per heavy atom. The lowest BCUT2D eigenvalue weighted by Gasteiger charge is -1.95. The molecule has 0 spiro atoms. The molecule has 2 nitrogen and oxygen atoms in total. The Balaban J connectivity index is 3.00. The van der Waals surface area contributed by atoms with Crippen LogP contribution in [0.5, 0.6) is 0 Å². The van der Waals surface area contributed by atoms with Crippen molar-refractivity contribution in [3.05, 3.63) is 23.5 Å². The highest BCUT2D eigenvalue weighted by Crippen LogP contribution is 2.07. The van der Waals surface area contributed by atoms with Gasteiger partial charge in [-0.3, -0.25) is 4.78 Å². The van der Waals surface area contributed by atoms with E-state index in [1.165, 1.54) is 0 Å². The molecule has 1 N–H and O–H groups in total. The highest BCUT2D eigenvalue weighted by atomic mass is 35.5. The molecular weight excluding hydrogens is 168 g/mol. The fraction of sp³-hybridized carbons (Fsp3) is 0.167. The van der Waals surface area contributed by atoms with Gasteiger partial charge in [0.25, 0.3) is 0 Å². The summed E-state index contributed by atoms with van der Waals surface area (Å²) < 4.78 is 7.33. The van der Waals surface area contributed by atoms with Gasteiger partial charge in [-0.2, -0.15) is 0 Å². The minimum atomic E-state index is -0.458. The average molecular weight is 175 g/mol. The monoisotopic (exact) mass is 174 g/mol. The SMILES string of the molecule is C[S@](=N)c1ccc(Cl)nc1. The lowest BCUT2D eigenvalue weighted by atomic mass is 10.5. The smallest absolute Gasteiger partial charge is 0.129 e. The zero-order valence-corrected chi connectivity index (χ0v) is 7.04. The van der Waals surface area contributed by atoms with Gasteiger partial charge in [-0.15, -0.1) is 0 Å². The third kappa shape index (κ3) is 1.78. The van der Waals surface area contributed by atoms with Crippen LogP contribution in [0.15, 0.2) is 23.2 Å². The van der Waals surface area contributed by atoms with Crippen molar-refractivity contribution in [1.29, 1.82) is 4.78 Å². The van der Waals surface area contributed by atoms with Gasteiger partial charge in [0.15, 0.2) is 0 Å². The highest BCUT2D eigenvalue weighted by molar-refractivity contribution is 7.85. The van der Waals surface area contributed by atoms with E-state index < -0.39 is 10.7 Å². The largest absolute Gasteiger partial charge is 0.276 e. The maximum absolute atomic E-state index is 7.33. The summed E-state index contributed by atoms with van der Waals surface area (Å²) in [6.07, 6.45) is 3.46. The molecule has 0 aliphatic heterocycles. The Bertz CT molecular complexity index is 244. The van der Waals surface area contributed by atoms with Gasteiger partial charge in [0.2, 0.25) is 0 Å². The molecule has 0 saturated heterocycles. The van der Waals surface area contributed by atoms with Crippen LogP contribution in [-0.2, 0) is 10.7 Å². The fourth-order valence-electron chi connectivity index (χ4n) is 0.543. The molecule has 1 atom stereocenters. The fourth-order valence-corrected chi connectivity index (χ4v) is 1.14. The Morgan fingerprint density at radius 1 is 1.60 bits per heavy atom. The van der Waals surface area contributed by atoms with Crippen molar-refractivity contribution in [2.24, 2.45) is 0 Å². The predicted octanol–water partition coefficient (Wildman–Crippen LogP) is 2.10. The van der Waals surface area contributed by atoms with Gasteiger partial charge < -0.3 is 0 Å². The summed E-state index contributed by atoms with van der Waals surface area (Å²) in [5, 5.41) is 0.481. The second kappa shape index (κ2) is 3.12. The van der Waals surface area contributed by atoms with Gasteiger partial charge in [-0.05, 0) is 18.4 Å². The van der Waals surface area contributed by atoms with Gasteiger partial charge in [-0.25, -0.2) is 4.98 Å². The molecule has 0 aromatic carbocycles. The Labute approximate surface area is 67.1 Å². The number of pyridine rings is 1. The molecule has 4 heteroatoms. The van der Waals surface area contributed by atoms with Crippen molar-refractivity contribution in [3.8, 4) is 0 Å². The quantitative estimate of drug-likeness (QED) is 0.651. The number of hydrogen-bond acceptors (Lipinski definition) is 2. The van der Waals surface area contributed by atoms with Crippen molar-refractivity contribution in [2.45, 2.75) is 4.90 Å². The third-order valence-corrected chi connectivity index (χ3v) is 2.23. The van der Waals surface area contributed by atoms with Crippen LogP contribution >= 0.6 is 11.6 Å². The number of halogens is 1. The van der Waals surface area contributed by atoms with E-state index in [0.717, 1.165) is 4.90 Å². The molecule has 1 heterocycles. The van der Waals surface area contributed by atoms with E-state index in [4.69, 9.17) is 16.4 Å². The van der Waals surface area contributed by atoms with Crippen molar-refractivity contribution < 1.29 is 0 Å². The first kappa shape index (κ1) is 7.69. The lowest BCUT2D eigenvalue weighted by Crippen LogP contribution is -1.85. The highest BCUT2D eigenvalue weighted by Gasteiger charge is 1.92. The zero-order chi connectivity index (χ0) is 7.56. The summed E-state index contributed by atoms with van der Waals surface area (Å²) in [6, 6.07) is 3.53. The average Bonchev–Trinajstić information content (AvgIpc) is 1.88. The number of nitrogens with one attached hydrogen (secondary N) is 1. The molecule has 0 amide bonds. The Morgan fingerprint density at radius 2 is 2.30 bits per heavy atom. The summed E-state index contributed by atoms with van der Waals surface area (Å²) in [6.45, 7) is 0. The van der Waals surface area contributed by atoms with Gasteiger partial charge >= 0.3 is 0 Å². The zero-order valence-electron chi connectivity index (χ0n) is 5.47. The van der Waals surface area contributed by atoms with Crippen molar-refractivity contribution >= 4 is 22.3 Å². The van der Waals surface area contributed by atoms with Crippen molar-refractivity contribution in [3.63, 3.8) is 0 Å². The van der Waals surface area contributed by atoms with Gasteiger partial charge in [-0.1, -0.05) is 22.3 Å². The van der Waals surface area contributed by atoms with E-state index >= 15 is 0 Å². The first-order valence-electron chi connectivity index (χ1n) is 2.69. The standard InChI is InChI=1S/C6H7ClN2S/c1-10(8)5-2-3-6(7)9-4-5/h2-4,8H,1H3/t10-/m0/s1. The molecule has 0 aliphatic carbocycles. The second-order valence-electron chi connectivity index (χ2n) is 1.83. The van der Waals surface area contributed by atoms with Crippen LogP contribution in [0.2, 0.25) is 5.15 Å². The molecule has 1 aromatic rings. The van der Waals surface area contributed by atoms with Crippen LogP contribution in [0.3, 0.4) is 0 Å². The normalized spacial score (nSPS) is 13.0. The number of rotatable bonds is 1. The summed E-state index contributed by atoms with van der Waals surface area (Å²) >= 11 is 5.55. The molecule has 1 rings (SSSR count). The molecule has 0 bridgehead atoms. The minimum absolute atomic E-state index is 0.458. The molecule has 0 aliphatic rings. The molecule has 10 heavy (non-hydrogen) atoms. The number of hydrogen-bond donors (Lipinski definition) is 1. The molecule has 0 radical (unpaired) electrons. The number of aromatic nitrogens is 1. The van der Waals surface area contributed by atoms with E-state index in [1.807, 2.05) is 12.3 Å². The Hall–Kier alpha value is -0.410. The van der Waals surface area contributed by atoms with Crippen LogP contribution < -0.4 is 0 Å². The minimum Gasteiger partial charge on any atom is -0.276 e. The van der Waals surface area contributed by atoms with Crippen LogP contribution in [0, 0.1) is 4.78 Å². The topological polar surface area (TPSA) is 36.7 Å². The Kier molecular flexibility index (Phi) is 2.40. The molecule has 1 aromatic heterocycles. The summed E-state index contributed by atoms with van der Waals surface area (Å²) in [7, 11) is -0.458. The second-order valence-corrected chi connectivity index (χ2v) is 3.71. The maximum Gasteiger partial charge on any atom is 0.129 e. The van der Waals surface area contributed by atoms with Gasteiger partial charge in [0.1, 0.15) is 5.15 Å². The first-order valence-corrected chi connectivity index (χ1v) is 4.70. The first-order chi connectivity index (χ1) is 4.70. The van der Waals surface area contributed by atoms with Gasteiger partial charge in [0, 0.05) is 11.1 Å². The molecule has 0 unspecified atom stereocenters. The summed E-state index contributed by atoms with van der Waals surface area (Å²) in [5.74, 6) is 0. The van der Waals surface area contributed by atoms with Crippen LogP contribution in [0.25, 0.3) is 0 Å². The predicted molar refractivity (Wildman–Crippen MR) is 43.5 cm³/mol. The number of nitrogens with zero attached hydrogens (tertiary/aromatic N) is 1. The summed E-state index contributed by atoms with van der Waals surface area (Å²) in [4.78, 5) is 4.77. The van der Waals surface area contributed by atoms with E-state index in [0.29, 0.717) is 5.15 Å². The van der Waals surface area contributed by atoms with E-state index in [9.17, 15) is 0 Å². The molecule has 54 valence electrons. The van der Waals surface area contributed by atoms with Crippen molar-refractivity contribution in [1.82, 2.24) is 4.98 Å².